The molecular formula is C21H27IN4O3. The van der Waals surface area contributed by atoms with E-state index in [4.69, 9.17) is 4.74 Å². The van der Waals surface area contributed by atoms with Crippen LogP contribution < -0.4 is 10.6 Å². The van der Waals surface area contributed by atoms with Gasteiger partial charge in [-0.15, -0.1) is 0 Å². The third-order valence-corrected chi connectivity index (χ3v) is 5.08. The molecule has 1 aliphatic rings. The molecule has 2 N–H and O–H groups in total. The minimum atomic E-state index is -0.515. The van der Waals surface area contributed by atoms with E-state index in [1.165, 1.54) is 6.20 Å². The van der Waals surface area contributed by atoms with E-state index in [0.29, 0.717) is 31.6 Å². The fourth-order valence-electron chi connectivity index (χ4n) is 2.86. The maximum absolute atomic E-state index is 12.4. The number of amides is 2. The number of nitrogens with zero attached hydrogens (tertiary/aromatic N) is 2. The number of benzene rings is 1. The van der Waals surface area contributed by atoms with Crippen LogP contribution in [0.4, 0.5) is 10.5 Å². The molecule has 0 radical (unpaired) electrons. The molecule has 0 aliphatic carbocycles. The van der Waals surface area contributed by atoms with Crippen molar-refractivity contribution in [2.75, 3.05) is 18.4 Å². The summed E-state index contributed by atoms with van der Waals surface area (Å²) in [6.45, 7) is 8.57. The number of rotatable bonds is 4. The highest BCUT2D eigenvalue weighted by molar-refractivity contribution is 14.1. The molecule has 2 amide bonds. The number of nitrogens with one attached hydrogen (secondary N) is 2. The highest BCUT2D eigenvalue weighted by atomic mass is 127. The summed E-state index contributed by atoms with van der Waals surface area (Å²) in [7, 11) is 0. The molecule has 2 rings (SSSR count). The van der Waals surface area contributed by atoms with Gasteiger partial charge in [0.25, 0.3) is 5.91 Å². The van der Waals surface area contributed by atoms with Crippen LogP contribution in [0.25, 0.3) is 0 Å². The molecule has 8 heteroatoms. The lowest BCUT2D eigenvalue weighted by atomic mass is 10.1. The van der Waals surface area contributed by atoms with Gasteiger partial charge in [0.15, 0.2) is 0 Å². The maximum Gasteiger partial charge on any atom is 0.410 e. The summed E-state index contributed by atoms with van der Waals surface area (Å²) in [5.74, 6) is -0.449. The van der Waals surface area contributed by atoms with Gasteiger partial charge in [-0.3, -0.25) is 4.79 Å². The zero-order valence-electron chi connectivity index (χ0n) is 17.2. The van der Waals surface area contributed by atoms with Crippen LogP contribution in [0.1, 0.15) is 39.2 Å². The number of nitriles is 1. The molecule has 0 bridgehead atoms. The zero-order valence-corrected chi connectivity index (χ0v) is 19.4. The van der Waals surface area contributed by atoms with Crippen LogP contribution in [-0.4, -0.2) is 41.6 Å². The number of halogens is 1. The Morgan fingerprint density at radius 2 is 1.97 bits per heavy atom. The molecule has 1 aromatic carbocycles. The van der Waals surface area contributed by atoms with Crippen LogP contribution in [0, 0.1) is 21.8 Å². The van der Waals surface area contributed by atoms with Crippen LogP contribution in [0.3, 0.4) is 0 Å². The van der Waals surface area contributed by atoms with E-state index in [-0.39, 0.29) is 17.7 Å². The van der Waals surface area contributed by atoms with Crippen LogP contribution in [0.2, 0.25) is 0 Å². The highest BCUT2D eigenvalue weighted by Gasteiger charge is 2.26. The van der Waals surface area contributed by atoms with E-state index < -0.39 is 11.5 Å². The third kappa shape index (κ3) is 7.24. The van der Waals surface area contributed by atoms with Gasteiger partial charge < -0.3 is 20.3 Å². The van der Waals surface area contributed by atoms with Gasteiger partial charge in [-0.25, -0.2) is 4.79 Å². The summed E-state index contributed by atoms with van der Waals surface area (Å²) in [5, 5.41) is 15.3. The Hall–Kier alpha value is -2.28. The summed E-state index contributed by atoms with van der Waals surface area (Å²) >= 11 is 2.21. The first-order chi connectivity index (χ1) is 13.6. The Kier molecular flexibility index (Phi) is 7.90. The minimum Gasteiger partial charge on any atom is -0.444 e. The van der Waals surface area contributed by atoms with E-state index in [1.807, 2.05) is 52.0 Å². The molecule has 0 aromatic heterocycles. The van der Waals surface area contributed by atoms with E-state index in [1.54, 1.807) is 4.90 Å². The third-order valence-electron chi connectivity index (χ3n) is 4.41. The molecule has 1 fully saturated rings. The van der Waals surface area contributed by atoms with E-state index in [9.17, 15) is 14.9 Å². The van der Waals surface area contributed by atoms with Gasteiger partial charge >= 0.3 is 6.09 Å². The topological polar surface area (TPSA) is 94.5 Å². The minimum absolute atomic E-state index is 0.0116. The lowest BCUT2D eigenvalue weighted by molar-refractivity contribution is -0.112. The average molecular weight is 510 g/mol. The first kappa shape index (κ1) is 23.0. The Morgan fingerprint density at radius 3 is 2.52 bits per heavy atom. The van der Waals surface area contributed by atoms with Gasteiger partial charge in [0.2, 0.25) is 0 Å². The molecule has 29 heavy (non-hydrogen) atoms. The maximum atomic E-state index is 12.4. The molecule has 0 unspecified atom stereocenters. The number of hydrogen-bond acceptors (Lipinski definition) is 5. The Balaban J connectivity index is 1.89. The number of carbonyl (C=O) groups is 2. The van der Waals surface area contributed by atoms with Gasteiger partial charge in [0, 0.05) is 34.6 Å². The lowest BCUT2D eigenvalue weighted by Crippen LogP contribution is -2.45. The SMILES string of the molecule is Cc1cc(I)ccc1NC(=O)/C(C#N)=C\NC1CCN(C(=O)OC(C)(C)C)CC1. The molecule has 7 nitrogen and oxygen atoms in total. The van der Waals surface area contributed by atoms with Crippen molar-refractivity contribution >= 4 is 40.3 Å². The quantitative estimate of drug-likeness (QED) is 0.364. The van der Waals surface area contributed by atoms with Crippen molar-refractivity contribution in [3.8, 4) is 6.07 Å². The summed E-state index contributed by atoms with van der Waals surface area (Å²) in [5.41, 5.74) is 1.11. The molecule has 0 spiro atoms. The molecule has 0 atom stereocenters. The molecule has 1 heterocycles. The van der Waals surface area contributed by atoms with Crippen molar-refractivity contribution < 1.29 is 14.3 Å². The van der Waals surface area contributed by atoms with Crippen molar-refractivity contribution in [3.05, 3.63) is 39.1 Å². The predicted octanol–water partition coefficient (Wildman–Crippen LogP) is 3.93. The largest absolute Gasteiger partial charge is 0.444 e. The molecule has 156 valence electrons. The Bertz CT molecular complexity index is 831. The average Bonchev–Trinajstić information content (AvgIpc) is 2.63. The van der Waals surface area contributed by atoms with Gasteiger partial charge in [-0.1, -0.05) is 0 Å². The number of ether oxygens (including phenoxy) is 1. The second kappa shape index (κ2) is 9.96. The van der Waals surface area contributed by atoms with Crippen LogP contribution >= 0.6 is 22.6 Å². The number of likely N-dealkylation sites (tertiary alicyclic amines) is 1. The highest BCUT2D eigenvalue weighted by Crippen LogP contribution is 2.19. The predicted molar refractivity (Wildman–Crippen MR) is 120 cm³/mol. The van der Waals surface area contributed by atoms with E-state index >= 15 is 0 Å². The smallest absolute Gasteiger partial charge is 0.410 e. The molecule has 1 aromatic rings. The number of aryl methyl sites for hydroxylation is 1. The fraction of sp³-hybridized carbons (Fsp3) is 0.476. The van der Waals surface area contributed by atoms with Gasteiger partial charge in [0.1, 0.15) is 17.2 Å². The Labute approximate surface area is 185 Å². The number of carbonyl (C=O) groups excluding carboxylic acids is 2. The molecule has 1 saturated heterocycles. The standard InChI is InChI=1S/C21H27IN4O3/c1-14-11-16(22)5-6-18(14)25-19(27)15(12-23)13-24-17-7-9-26(10-8-17)20(28)29-21(2,3)4/h5-6,11,13,17,24H,7-10H2,1-4H3,(H,25,27)/b15-13-. The molecule has 0 saturated carbocycles. The summed E-state index contributed by atoms with van der Waals surface area (Å²) in [6, 6.07) is 7.72. The van der Waals surface area contributed by atoms with E-state index in [2.05, 4.69) is 33.2 Å². The van der Waals surface area contributed by atoms with Gasteiger partial charge in [0.05, 0.1) is 0 Å². The normalized spacial score (nSPS) is 15.4. The van der Waals surface area contributed by atoms with E-state index in [0.717, 1.165) is 9.13 Å². The molecular weight excluding hydrogens is 483 g/mol. The first-order valence-corrected chi connectivity index (χ1v) is 10.6. The summed E-state index contributed by atoms with van der Waals surface area (Å²) < 4.78 is 6.47. The van der Waals surface area contributed by atoms with Crippen molar-refractivity contribution in [2.24, 2.45) is 0 Å². The number of hydrogen-bond donors (Lipinski definition) is 2. The zero-order chi connectivity index (χ0) is 21.6. The van der Waals surface area contributed by atoms with Crippen molar-refractivity contribution in [3.63, 3.8) is 0 Å². The number of anilines is 1. The van der Waals surface area contributed by atoms with Gasteiger partial charge in [-0.2, -0.15) is 5.26 Å². The second-order valence-corrected chi connectivity index (χ2v) is 9.24. The fourth-order valence-corrected chi connectivity index (χ4v) is 3.51. The lowest BCUT2D eigenvalue weighted by Gasteiger charge is -2.33. The second-order valence-electron chi connectivity index (χ2n) is 7.99. The van der Waals surface area contributed by atoms with Crippen molar-refractivity contribution in [1.29, 1.82) is 5.26 Å². The van der Waals surface area contributed by atoms with Crippen LogP contribution in [-0.2, 0) is 9.53 Å². The van der Waals surface area contributed by atoms with Gasteiger partial charge in [-0.05, 0) is 86.9 Å². The first-order valence-electron chi connectivity index (χ1n) is 9.51. The van der Waals surface area contributed by atoms with Crippen molar-refractivity contribution in [1.82, 2.24) is 10.2 Å². The van der Waals surface area contributed by atoms with Crippen molar-refractivity contribution in [2.45, 2.75) is 52.2 Å². The van der Waals surface area contributed by atoms with Crippen LogP contribution in [0.5, 0.6) is 0 Å². The summed E-state index contributed by atoms with van der Waals surface area (Å²) in [4.78, 5) is 26.2. The number of piperidine rings is 1. The van der Waals surface area contributed by atoms with Crippen LogP contribution in [0.15, 0.2) is 30.0 Å². The summed E-state index contributed by atoms with van der Waals surface area (Å²) in [6.07, 6.45) is 2.58. The Morgan fingerprint density at radius 1 is 1.31 bits per heavy atom. The monoisotopic (exact) mass is 510 g/mol. The molecule has 1 aliphatic heterocycles.